The van der Waals surface area contributed by atoms with Crippen molar-refractivity contribution < 1.29 is 19.1 Å². The van der Waals surface area contributed by atoms with Crippen LogP contribution in [0.1, 0.15) is 0 Å². The molecule has 0 saturated carbocycles. The largest absolute Gasteiger partial charge is 0.454 e. The molecule has 0 aliphatic carbocycles. The molecule has 0 aromatic heterocycles. The Kier molecular flexibility index (Phi) is 5.01. The number of anilines is 1. The van der Waals surface area contributed by atoms with Crippen LogP contribution in [-0.2, 0) is 19.1 Å². The van der Waals surface area contributed by atoms with Crippen molar-refractivity contribution in [3.63, 3.8) is 0 Å². The van der Waals surface area contributed by atoms with Crippen molar-refractivity contribution >= 4 is 17.6 Å². The lowest BCUT2D eigenvalue weighted by atomic mass is 10.3. The van der Waals surface area contributed by atoms with Gasteiger partial charge in [0.15, 0.2) is 6.61 Å². The van der Waals surface area contributed by atoms with E-state index in [2.05, 4.69) is 14.8 Å². The summed E-state index contributed by atoms with van der Waals surface area (Å²) in [5.74, 6) is -0.943. The van der Waals surface area contributed by atoms with Gasteiger partial charge in [-0.25, -0.2) is 4.79 Å². The molecule has 0 saturated heterocycles. The summed E-state index contributed by atoms with van der Waals surface area (Å²) in [6, 6.07) is 8.93. The first-order valence-corrected chi connectivity index (χ1v) is 4.72. The van der Waals surface area contributed by atoms with E-state index in [0.717, 1.165) is 0 Å². The van der Waals surface area contributed by atoms with Crippen LogP contribution in [0.5, 0.6) is 0 Å². The first-order chi connectivity index (χ1) is 7.72. The predicted molar refractivity (Wildman–Crippen MR) is 57.9 cm³/mol. The molecule has 0 unspecified atom stereocenters. The summed E-state index contributed by atoms with van der Waals surface area (Å²) in [5, 5.41) is 2.58. The minimum atomic E-state index is -0.564. The second-order valence-corrected chi connectivity index (χ2v) is 3.01. The number of hydrogen-bond donors (Lipinski definition) is 1. The first kappa shape index (κ1) is 12.2. The number of esters is 1. The van der Waals surface area contributed by atoms with E-state index in [-0.39, 0.29) is 19.1 Å². The van der Waals surface area contributed by atoms with Crippen LogP contribution >= 0.6 is 0 Å². The maximum absolute atomic E-state index is 11.3. The molecule has 0 atom stereocenters. The Balaban J connectivity index is 2.29. The smallest absolute Gasteiger partial charge is 0.332 e. The molecule has 16 heavy (non-hydrogen) atoms. The predicted octanol–water partition coefficient (Wildman–Crippen LogP) is 0.815. The van der Waals surface area contributed by atoms with Crippen LogP contribution in [0, 0.1) is 0 Å². The highest BCUT2D eigenvalue weighted by molar-refractivity contribution is 5.92. The zero-order chi connectivity index (χ0) is 11.8. The Labute approximate surface area is 93.4 Å². The van der Waals surface area contributed by atoms with Gasteiger partial charge in [0.05, 0.1) is 0 Å². The van der Waals surface area contributed by atoms with Gasteiger partial charge in [-0.2, -0.15) is 0 Å². The van der Waals surface area contributed by atoms with Crippen LogP contribution < -0.4 is 5.32 Å². The van der Waals surface area contributed by atoms with Crippen molar-refractivity contribution in [2.75, 3.05) is 25.6 Å². The average molecular weight is 223 g/mol. The molecular weight excluding hydrogens is 210 g/mol. The number of nitrogens with one attached hydrogen (secondary N) is 1. The third-order valence-corrected chi connectivity index (χ3v) is 1.68. The Bertz CT molecular complexity index is 350. The van der Waals surface area contributed by atoms with Crippen molar-refractivity contribution in [3.8, 4) is 0 Å². The molecule has 0 radical (unpaired) electrons. The Hall–Kier alpha value is -1.88. The fourth-order valence-electron chi connectivity index (χ4n) is 1.02. The fourth-order valence-corrected chi connectivity index (χ4v) is 1.02. The van der Waals surface area contributed by atoms with Gasteiger partial charge in [0.2, 0.25) is 0 Å². The van der Waals surface area contributed by atoms with E-state index in [1.807, 2.05) is 6.07 Å². The van der Waals surface area contributed by atoms with Gasteiger partial charge in [-0.15, -0.1) is 0 Å². The normalized spacial score (nSPS) is 9.56. The molecule has 0 aliphatic heterocycles. The molecule has 1 aromatic carbocycles. The molecule has 1 aromatic rings. The van der Waals surface area contributed by atoms with Crippen molar-refractivity contribution in [3.05, 3.63) is 30.3 Å². The summed E-state index contributed by atoms with van der Waals surface area (Å²) in [6.45, 7) is -0.463. The Morgan fingerprint density at radius 1 is 1.19 bits per heavy atom. The molecular formula is C11H13NO4. The highest BCUT2D eigenvalue weighted by Crippen LogP contribution is 2.04. The molecule has 1 rings (SSSR count). The maximum Gasteiger partial charge on any atom is 0.332 e. The number of rotatable bonds is 5. The van der Waals surface area contributed by atoms with Crippen LogP contribution in [0.25, 0.3) is 0 Å². The van der Waals surface area contributed by atoms with Gasteiger partial charge >= 0.3 is 5.97 Å². The van der Waals surface area contributed by atoms with E-state index in [1.165, 1.54) is 7.11 Å². The second kappa shape index (κ2) is 6.58. The van der Waals surface area contributed by atoms with Crippen molar-refractivity contribution in [1.82, 2.24) is 0 Å². The van der Waals surface area contributed by atoms with Crippen LogP contribution in [0.2, 0.25) is 0 Å². The van der Waals surface area contributed by atoms with Crippen molar-refractivity contribution in [2.24, 2.45) is 0 Å². The average Bonchev–Trinajstić information content (AvgIpc) is 2.28. The molecule has 5 nitrogen and oxygen atoms in total. The van der Waals surface area contributed by atoms with Gasteiger partial charge in [0.1, 0.15) is 6.61 Å². The molecule has 0 aliphatic rings. The molecule has 1 N–H and O–H groups in total. The number of para-hydroxylation sites is 1. The van der Waals surface area contributed by atoms with Crippen molar-refractivity contribution in [1.29, 1.82) is 0 Å². The van der Waals surface area contributed by atoms with Crippen LogP contribution in [0.4, 0.5) is 5.69 Å². The number of methoxy groups -OCH3 is 1. The zero-order valence-corrected chi connectivity index (χ0v) is 8.93. The summed E-state index contributed by atoms with van der Waals surface area (Å²) in [4.78, 5) is 22.2. The van der Waals surface area contributed by atoms with Crippen LogP contribution in [-0.4, -0.2) is 32.2 Å². The molecule has 0 bridgehead atoms. The molecule has 5 heteroatoms. The number of carbonyl (C=O) groups is 2. The van der Waals surface area contributed by atoms with Gasteiger partial charge in [-0.3, -0.25) is 4.79 Å². The van der Waals surface area contributed by atoms with Crippen LogP contribution in [0.15, 0.2) is 30.3 Å². The highest BCUT2D eigenvalue weighted by Gasteiger charge is 2.06. The van der Waals surface area contributed by atoms with E-state index < -0.39 is 5.97 Å². The number of amides is 1. The summed E-state index contributed by atoms with van der Waals surface area (Å²) < 4.78 is 9.19. The molecule has 0 fully saturated rings. The monoisotopic (exact) mass is 223 g/mol. The number of carbonyl (C=O) groups excluding carboxylic acids is 2. The highest BCUT2D eigenvalue weighted by atomic mass is 16.6. The molecule has 86 valence electrons. The van der Waals surface area contributed by atoms with Gasteiger partial charge < -0.3 is 14.8 Å². The number of hydrogen-bond acceptors (Lipinski definition) is 4. The quantitative estimate of drug-likeness (QED) is 0.750. The van der Waals surface area contributed by atoms with Gasteiger partial charge in [-0.1, -0.05) is 18.2 Å². The fraction of sp³-hybridized carbons (Fsp3) is 0.273. The van der Waals surface area contributed by atoms with E-state index in [4.69, 9.17) is 0 Å². The third-order valence-electron chi connectivity index (χ3n) is 1.68. The lowest BCUT2D eigenvalue weighted by molar-refractivity contribution is -0.150. The molecule has 0 heterocycles. The first-order valence-electron chi connectivity index (χ1n) is 4.72. The minimum absolute atomic E-state index is 0.154. The maximum atomic E-state index is 11.3. The summed E-state index contributed by atoms with van der Waals surface area (Å²) >= 11 is 0. The lowest BCUT2D eigenvalue weighted by Gasteiger charge is -2.05. The Morgan fingerprint density at radius 2 is 1.88 bits per heavy atom. The molecule has 0 spiro atoms. The van der Waals surface area contributed by atoms with E-state index in [9.17, 15) is 9.59 Å². The number of ether oxygens (including phenoxy) is 2. The van der Waals surface area contributed by atoms with E-state index in [0.29, 0.717) is 5.69 Å². The van der Waals surface area contributed by atoms with Gasteiger partial charge in [0.25, 0.3) is 5.91 Å². The SMILES string of the molecule is COCC(=O)OCC(=O)Nc1ccccc1. The van der Waals surface area contributed by atoms with Crippen LogP contribution in [0.3, 0.4) is 0 Å². The second-order valence-electron chi connectivity index (χ2n) is 3.01. The topological polar surface area (TPSA) is 64.6 Å². The Morgan fingerprint density at radius 3 is 2.50 bits per heavy atom. The number of benzene rings is 1. The summed E-state index contributed by atoms with van der Waals surface area (Å²) in [6.07, 6.45) is 0. The van der Waals surface area contributed by atoms with Gasteiger partial charge in [-0.05, 0) is 12.1 Å². The standard InChI is InChI=1S/C11H13NO4/c1-15-8-11(14)16-7-10(13)12-9-5-3-2-4-6-9/h2-6H,7-8H2,1H3,(H,12,13). The van der Waals surface area contributed by atoms with Crippen molar-refractivity contribution in [2.45, 2.75) is 0 Å². The van der Waals surface area contributed by atoms with E-state index >= 15 is 0 Å². The zero-order valence-electron chi connectivity index (χ0n) is 8.93. The third kappa shape index (κ3) is 4.56. The van der Waals surface area contributed by atoms with Gasteiger partial charge in [0, 0.05) is 12.8 Å². The summed E-state index contributed by atoms with van der Waals surface area (Å²) in [5.41, 5.74) is 0.662. The van der Waals surface area contributed by atoms with E-state index in [1.54, 1.807) is 24.3 Å². The minimum Gasteiger partial charge on any atom is -0.454 e. The lowest BCUT2D eigenvalue weighted by Crippen LogP contribution is -2.22. The molecule has 1 amide bonds. The summed E-state index contributed by atoms with van der Waals surface area (Å²) in [7, 11) is 1.38.